The van der Waals surface area contributed by atoms with Crippen LogP contribution in [0.25, 0.3) is 0 Å². The number of sulfonamides is 1. The molecule has 2 heterocycles. The van der Waals surface area contributed by atoms with E-state index in [1.54, 1.807) is 18.2 Å². The quantitative estimate of drug-likeness (QED) is 0.851. The Labute approximate surface area is 157 Å². The van der Waals surface area contributed by atoms with Gasteiger partial charge in [-0.2, -0.15) is 0 Å². The molecule has 0 saturated heterocycles. The van der Waals surface area contributed by atoms with Gasteiger partial charge in [0.15, 0.2) is 11.5 Å². The van der Waals surface area contributed by atoms with E-state index in [-0.39, 0.29) is 24.9 Å². The SMILES string of the molecule is O=C(CCS(=O)(=O)N1CCCc2ccccc21)Nc1ccc2c(c1)OCO2. The normalized spacial score (nSPS) is 15.3. The Morgan fingerprint density at radius 3 is 2.81 bits per heavy atom. The molecule has 2 aromatic rings. The first kappa shape index (κ1) is 17.7. The summed E-state index contributed by atoms with van der Waals surface area (Å²) in [6.45, 7) is 0.603. The highest BCUT2D eigenvalue weighted by molar-refractivity contribution is 7.92. The topological polar surface area (TPSA) is 84.9 Å². The van der Waals surface area contributed by atoms with E-state index in [1.165, 1.54) is 4.31 Å². The summed E-state index contributed by atoms with van der Waals surface area (Å²) in [5.74, 6) is 0.588. The molecule has 0 unspecified atom stereocenters. The van der Waals surface area contributed by atoms with Gasteiger partial charge in [-0.3, -0.25) is 9.10 Å². The molecule has 2 aliphatic heterocycles. The number of ether oxygens (including phenoxy) is 2. The number of amides is 1. The molecule has 0 bridgehead atoms. The molecular formula is C19H20N2O5S. The zero-order valence-corrected chi connectivity index (χ0v) is 15.5. The molecule has 142 valence electrons. The van der Waals surface area contributed by atoms with Gasteiger partial charge in [-0.15, -0.1) is 0 Å². The van der Waals surface area contributed by atoms with Crippen molar-refractivity contribution in [2.75, 3.05) is 28.7 Å². The number of para-hydroxylation sites is 1. The van der Waals surface area contributed by atoms with Gasteiger partial charge in [-0.05, 0) is 36.6 Å². The minimum absolute atomic E-state index is 0.116. The summed E-state index contributed by atoms with van der Waals surface area (Å²) in [4.78, 5) is 12.2. The Kier molecular flexibility index (Phi) is 4.65. The molecule has 2 aromatic carbocycles. The third-order valence-corrected chi connectivity index (χ3v) is 6.42. The first-order chi connectivity index (χ1) is 13.0. The highest BCUT2D eigenvalue weighted by Crippen LogP contribution is 2.34. The van der Waals surface area contributed by atoms with E-state index in [1.807, 2.05) is 24.3 Å². The summed E-state index contributed by atoms with van der Waals surface area (Å²) in [5.41, 5.74) is 2.29. The van der Waals surface area contributed by atoms with Crippen molar-refractivity contribution >= 4 is 27.3 Å². The van der Waals surface area contributed by atoms with Gasteiger partial charge in [0.25, 0.3) is 0 Å². The van der Waals surface area contributed by atoms with Crippen LogP contribution in [0.4, 0.5) is 11.4 Å². The van der Waals surface area contributed by atoms with Crippen molar-refractivity contribution < 1.29 is 22.7 Å². The molecule has 0 aliphatic carbocycles. The first-order valence-electron chi connectivity index (χ1n) is 8.81. The minimum atomic E-state index is -3.57. The summed E-state index contributed by atoms with van der Waals surface area (Å²) >= 11 is 0. The predicted molar refractivity (Wildman–Crippen MR) is 102 cm³/mol. The number of nitrogens with zero attached hydrogens (tertiary/aromatic N) is 1. The highest BCUT2D eigenvalue weighted by Gasteiger charge is 2.27. The molecule has 0 atom stereocenters. The lowest BCUT2D eigenvalue weighted by molar-refractivity contribution is -0.115. The van der Waals surface area contributed by atoms with Crippen molar-refractivity contribution in [3.8, 4) is 11.5 Å². The Morgan fingerprint density at radius 1 is 1.11 bits per heavy atom. The number of rotatable bonds is 5. The Morgan fingerprint density at radius 2 is 1.93 bits per heavy atom. The first-order valence-corrected chi connectivity index (χ1v) is 10.4. The van der Waals surface area contributed by atoms with E-state index in [4.69, 9.17) is 9.47 Å². The fraction of sp³-hybridized carbons (Fsp3) is 0.316. The number of fused-ring (bicyclic) bond motifs is 2. The lowest BCUT2D eigenvalue weighted by Gasteiger charge is -2.30. The fourth-order valence-corrected chi connectivity index (χ4v) is 4.87. The third-order valence-electron chi connectivity index (χ3n) is 4.65. The molecular weight excluding hydrogens is 368 g/mol. The van der Waals surface area contributed by atoms with Gasteiger partial charge in [0, 0.05) is 24.7 Å². The standard InChI is InChI=1S/C19H20N2O5S/c22-19(20-15-7-8-17-18(12-15)26-13-25-17)9-11-27(23,24)21-10-3-5-14-4-1-2-6-16(14)21/h1-2,4,6-8,12H,3,5,9-11,13H2,(H,20,22). The maximum atomic E-state index is 12.8. The second kappa shape index (κ2) is 7.11. The Bertz CT molecular complexity index is 974. The second-order valence-corrected chi connectivity index (χ2v) is 8.50. The van der Waals surface area contributed by atoms with Crippen LogP contribution in [-0.4, -0.2) is 33.4 Å². The van der Waals surface area contributed by atoms with Crippen LogP contribution in [0.15, 0.2) is 42.5 Å². The van der Waals surface area contributed by atoms with Crippen LogP contribution in [0.1, 0.15) is 18.4 Å². The third kappa shape index (κ3) is 3.71. The van der Waals surface area contributed by atoms with E-state index < -0.39 is 10.0 Å². The number of aryl methyl sites for hydroxylation is 1. The molecule has 0 aromatic heterocycles. The number of carbonyl (C=O) groups is 1. The molecule has 0 radical (unpaired) electrons. The van der Waals surface area contributed by atoms with Crippen LogP contribution in [0.5, 0.6) is 11.5 Å². The van der Waals surface area contributed by atoms with Gasteiger partial charge in [0.2, 0.25) is 22.7 Å². The van der Waals surface area contributed by atoms with Gasteiger partial charge in [0.05, 0.1) is 11.4 Å². The number of nitrogens with one attached hydrogen (secondary N) is 1. The summed E-state index contributed by atoms with van der Waals surface area (Å²) in [6, 6.07) is 12.6. The number of anilines is 2. The summed E-state index contributed by atoms with van der Waals surface area (Å²) < 4.78 is 37.5. The molecule has 0 spiro atoms. The maximum absolute atomic E-state index is 12.8. The fourth-order valence-electron chi connectivity index (χ4n) is 3.32. The lowest BCUT2D eigenvalue weighted by atomic mass is 10.0. The van der Waals surface area contributed by atoms with Gasteiger partial charge in [-0.1, -0.05) is 18.2 Å². The van der Waals surface area contributed by atoms with Crippen LogP contribution in [0.3, 0.4) is 0 Å². The molecule has 2 aliphatic rings. The monoisotopic (exact) mass is 388 g/mol. The van der Waals surface area contributed by atoms with Crippen molar-refractivity contribution in [2.24, 2.45) is 0 Å². The maximum Gasteiger partial charge on any atom is 0.235 e. The van der Waals surface area contributed by atoms with E-state index in [2.05, 4.69) is 5.32 Å². The van der Waals surface area contributed by atoms with Crippen LogP contribution in [0, 0.1) is 0 Å². The molecule has 8 heteroatoms. The van der Waals surface area contributed by atoms with Gasteiger partial charge < -0.3 is 14.8 Å². The predicted octanol–water partition coefficient (Wildman–Crippen LogP) is 2.53. The van der Waals surface area contributed by atoms with E-state index in [0.717, 1.165) is 24.1 Å². The van der Waals surface area contributed by atoms with Crippen molar-refractivity contribution in [1.29, 1.82) is 0 Å². The average Bonchev–Trinajstić information content (AvgIpc) is 3.14. The molecule has 4 rings (SSSR count). The van der Waals surface area contributed by atoms with Crippen LogP contribution < -0.4 is 19.1 Å². The lowest BCUT2D eigenvalue weighted by Crippen LogP contribution is -2.37. The molecule has 27 heavy (non-hydrogen) atoms. The molecule has 1 amide bonds. The minimum Gasteiger partial charge on any atom is -0.454 e. The van der Waals surface area contributed by atoms with Gasteiger partial charge in [-0.25, -0.2) is 8.42 Å². The largest absolute Gasteiger partial charge is 0.454 e. The number of hydrogen-bond donors (Lipinski definition) is 1. The highest BCUT2D eigenvalue weighted by atomic mass is 32.2. The van der Waals surface area contributed by atoms with Crippen molar-refractivity contribution in [3.63, 3.8) is 0 Å². The molecule has 7 nitrogen and oxygen atoms in total. The van der Waals surface area contributed by atoms with E-state index >= 15 is 0 Å². The van der Waals surface area contributed by atoms with Gasteiger partial charge in [0.1, 0.15) is 0 Å². The van der Waals surface area contributed by atoms with Crippen molar-refractivity contribution in [1.82, 2.24) is 0 Å². The summed E-state index contributed by atoms with van der Waals surface area (Å²) in [7, 11) is -3.57. The van der Waals surface area contributed by atoms with Crippen LogP contribution >= 0.6 is 0 Å². The zero-order chi connectivity index (χ0) is 18.9. The van der Waals surface area contributed by atoms with E-state index in [0.29, 0.717) is 23.7 Å². The molecule has 0 saturated carbocycles. The molecule has 0 fully saturated rings. The second-order valence-electron chi connectivity index (χ2n) is 6.49. The zero-order valence-electron chi connectivity index (χ0n) is 14.7. The van der Waals surface area contributed by atoms with Gasteiger partial charge >= 0.3 is 0 Å². The number of benzene rings is 2. The van der Waals surface area contributed by atoms with E-state index in [9.17, 15) is 13.2 Å². The van der Waals surface area contributed by atoms with Crippen LogP contribution in [0.2, 0.25) is 0 Å². The smallest absolute Gasteiger partial charge is 0.235 e. The van der Waals surface area contributed by atoms with Crippen molar-refractivity contribution in [2.45, 2.75) is 19.3 Å². The molecule has 1 N–H and O–H groups in total. The summed E-state index contributed by atoms with van der Waals surface area (Å²) in [5, 5.41) is 2.71. The van der Waals surface area contributed by atoms with Crippen molar-refractivity contribution in [3.05, 3.63) is 48.0 Å². The van der Waals surface area contributed by atoms with Crippen LogP contribution in [-0.2, 0) is 21.2 Å². The number of hydrogen-bond acceptors (Lipinski definition) is 5. The Hall–Kier alpha value is -2.74. The number of carbonyl (C=O) groups excluding carboxylic acids is 1. The summed E-state index contributed by atoms with van der Waals surface area (Å²) in [6.07, 6.45) is 1.53. The average molecular weight is 388 g/mol. The Balaban J connectivity index is 1.40.